The van der Waals surface area contributed by atoms with Crippen LogP contribution in [0.25, 0.3) is 0 Å². The van der Waals surface area contributed by atoms with Crippen LogP contribution in [0.2, 0.25) is 0 Å². The summed E-state index contributed by atoms with van der Waals surface area (Å²) in [5.41, 5.74) is -0.838. The van der Waals surface area contributed by atoms with Gasteiger partial charge < -0.3 is 0 Å². The zero-order valence-corrected chi connectivity index (χ0v) is 10.8. The fourth-order valence-corrected chi connectivity index (χ4v) is 1.97. The van der Waals surface area contributed by atoms with E-state index in [0.29, 0.717) is 6.07 Å². The fourth-order valence-electron chi connectivity index (χ4n) is 1.53. The summed E-state index contributed by atoms with van der Waals surface area (Å²) in [4.78, 5) is 12.0. The second-order valence-electron chi connectivity index (χ2n) is 3.65. The largest absolute Gasteiger partial charge is 0.288 e. The summed E-state index contributed by atoms with van der Waals surface area (Å²) in [5.74, 6) is -6.39. The first-order valence-corrected chi connectivity index (χ1v) is 5.85. The van der Waals surface area contributed by atoms with Crippen LogP contribution in [-0.4, -0.2) is 5.78 Å². The van der Waals surface area contributed by atoms with Gasteiger partial charge in [-0.2, -0.15) is 0 Å². The average Bonchev–Trinajstić information content (AvgIpc) is 2.39. The molecule has 0 spiro atoms. The minimum Gasteiger partial charge on any atom is -0.288 e. The first-order valence-electron chi connectivity index (χ1n) is 5.05. The molecule has 0 aliphatic heterocycles. The predicted octanol–water partition coefficient (Wildman–Crippen LogP) is 4.24. The molecule has 0 aliphatic rings. The van der Waals surface area contributed by atoms with Crippen molar-refractivity contribution in [3.63, 3.8) is 0 Å². The van der Waals surface area contributed by atoms with Crippen molar-refractivity contribution in [3.05, 3.63) is 69.2 Å². The molecule has 19 heavy (non-hydrogen) atoms. The molecule has 0 aliphatic carbocycles. The summed E-state index contributed by atoms with van der Waals surface area (Å²) < 4.78 is 52.4. The third-order valence-electron chi connectivity index (χ3n) is 2.48. The molecule has 0 atom stereocenters. The molecule has 0 aromatic heterocycles. The standard InChI is InChI=1S/C13H5BrF4O/c14-10-6(2-1-3-8(10)15)13(19)7-4-5-9(16)12(18)11(7)17/h1-5H. The van der Waals surface area contributed by atoms with Gasteiger partial charge in [-0.05, 0) is 40.2 Å². The van der Waals surface area contributed by atoms with E-state index in [-0.39, 0.29) is 10.0 Å². The Bertz CT molecular complexity index is 670. The minimum atomic E-state index is -1.74. The van der Waals surface area contributed by atoms with Gasteiger partial charge in [0.15, 0.2) is 23.2 Å². The lowest BCUT2D eigenvalue weighted by molar-refractivity contribution is 0.103. The Morgan fingerprint density at radius 2 is 1.53 bits per heavy atom. The Morgan fingerprint density at radius 3 is 2.21 bits per heavy atom. The van der Waals surface area contributed by atoms with Gasteiger partial charge in [0, 0.05) is 5.56 Å². The van der Waals surface area contributed by atoms with Crippen LogP contribution < -0.4 is 0 Å². The molecule has 0 unspecified atom stereocenters. The number of carbonyl (C=O) groups excluding carboxylic acids is 1. The number of benzene rings is 2. The number of halogens is 5. The highest BCUT2D eigenvalue weighted by Gasteiger charge is 2.22. The van der Waals surface area contributed by atoms with E-state index in [0.717, 1.165) is 12.1 Å². The van der Waals surface area contributed by atoms with Crippen LogP contribution in [-0.2, 0) is 0 Å². The van der Waals surface area contributed by atoms with Gasteiger partial charge in [-0.1, -0.05) is 6.07 Å². The van der Waals surface area contributed by atoms with Gasteiger partial charge in [-0.25, -0.2) is 17.6 Å². The molecular formula is C13H5BrF4O. The zero-order valence-electron chi connectivity index (χ0n) is 9.18. The Kier molecular flexibility index (Phi) is 3.71. The number of hydrogen-bond acceptors (Lipinski definition) is 1. The molecule has 2 aromatic carbocycles. The van der Waals surface area contributed by atoms with Gasteiger partial charge in [0.1, 0.15) is 5.82 Å². The van der Waals surface area contributed by atoms with E-state index in [1.54, 1.807) is 0 Å². The van der Waals surface area contributed by atoms with Crippen LogP contribution in [0.5, 0.6) is 0 Å². The van der Waals surface area contributed by atoms with Crippen LogP contribution in [0, 0.1) is 23.3 Å². The molecule has 0 saturated carbocycles. The van der Waals surface area contributed by atoms with E-state index >= 15 is 0 Å². The third-order valence-corrected chi connectivity index (χ3v) is 3.28. The number of ketones is 1. The lowest BCUT2D eigenvalue weighted by Crippen LogP contribution is -2.08. The zero-order chi connectivity index (χ0) is 14.2. The van der Waals surface area contributed by atoms with Gasteiger partial charge in [0.25, 0.3) is 0 Å². The van der Waals surface area contributed by atoms with Crippen molar-refractivity contribution in [3.8, 4) is 0 Å². The quantitative estimate of drug-likeness (QED) is 0.457. The molecule has 98 valence electrons. The van der Waals surface area contributed by atoms with Gasteiger partial charge in [0.2, 0.25) is 0 Å². The lowest BCUT2D eigenvalue weighted by Gasteiger charge is -2.06. The van der Waals surface area contributed by atoms with Crippen molar-refractivity contribution in [1.29, 1.82) is 0 Å². The van der Waals surface area contributed by atoms with E-state index in [1.165, 1.54) is 12.1 Å². The number of hydrogen-bond donors (Lipinski definition) is 0. The van der Waals surface area contributed by atoms with Crippen molar-refractivity contribution in [1.82, 2.24) is 0 Å². The molecule has 0 bridgehead atoms. The fraction of sp³-hybridized carbons (Fsp3) is 0. The smallest absolute Gasteiger partial charge is 0.197 e. The van der Waals surface area contributed by atoms with E-state index in [4.69, 9.17) is 0 Å². The maximum absolute atomic E-state index is 13.5. The van der Waals surface area contributed by atoms with Crippen molar-refractivity contribution in [2.24, 2.45) is 0 Å². The second-order valence-corrected chi connectivity index (χ2v) is 4.45. The maximum atomic E-state index is 13.5. The van der Waals surface area contributed by atoms with Gasteiger partial charge in [-0.15, -0.1) is 0 Å². The molecule has 0 amide bonds. The highest BCUT2D eigenvalue weighted by molar-refractivity contribution is 9.10. The topological polar surface area (TPSA) is 17.1 Å². The second kappa shape index (κ2) is 5.13. The van der Waals surface area contributed by atoms with E-state index in [9.17, 15) is 22.4 Å². The highest BCUT2D eigenvalue weighted by atomic mass is 79.9. The van der Waals surface area contributed by atoms with Crippen LogP contribution in [0.15, 0.2) is 34.8 Å². The SMILES string of the molecule is O=C(c1ccc(F)c(F)c1F)c1cccc(F)c1Br. The average molecular weight is 333 g/mol. The third kappa shape index (κ3) is 2.40. The molecule has 0 N–H and O–H groups in total. The van der Waals surface area contributed by atoms with Gasteiger partial charge in [0.05, 0.1) is 10.0 Å². The molecule has 6 heteroatoms. The lowest BCUT2D eigenvalue weighted by atomic mass is 10.0. The van der Waals surface area contributed by atoms with E-state index in [1.807, 2.05) is 0 Å². The van der Waals surface area contributed by atoms with Gasteiger partial charge in [-0.3, -0.25) is 4.79 Å². The Hall–Kier alpha value is -1.69. The van der Waals surface area contributed by atoms with Crippen molar-refractivity contribution in [2.45, 2.75) is 0 Å². The Labute approximate surface area is 114 Å². The molecule has 2 rings (SSSR count). The summed E-state index contributed by atoms with van der Waals surface area (Å²) in [6.07, 6.45) is 0. The Balaban J connectivity index is 2.57. The van der Waals surface area contributed by atoms with E-state index < -0.39 is 34.6 Å². The summed E-state index contributed by atoms with van der Waals surface area (Å²) in [7, 11) is 0. The molecule has 0 fully saturated rings. The summed E-state index contributed by atoms with van der Waals surface area (Å²) in [5, 5.41) is 0. The monoisotopic (exact) mass is 332 g/mol. The highest BCUT2D eigenvalue weighted by Crippen LogP contribution is 2.25. The molecule has 0 saturated heterocycles. The predicted molar refractivity (Wildman–Crippen MR) is 63.8 cm³/mol. The van der Waals surface area contributed by atoms with E-state index in [2.05, 4.69) is 15.9 Å². The minimum absolute atomic E-state index is 0.163. The molecule has 2 aromatic rings. The van der Waals surface area contributed by atoms with Crippen molar-refractivity contribution < 1.29 is 22.4 Å². The van der Waals surface area contributed by atoms with Crippen molar-refractivity contribution >= 4 is 21.7 Å². The molecule has 0 heterocycles. The molecular weight excluding hydrogens is 328 g/mol. The van der Waals surface area contributed by atoms with Gasteiger partial charge >= 0.3 is 0 Å². The van der Waals surface area contributed by atoms with Crippen LogP contribution in [0.4, 0.5) is 17.6 Å². The maximum Gasteiger partial charge on any atom is 0.197 e. The summed E-state index contributed by atoms with van der Waals surface area (Å²) in [6.45, 7) is 0. The van der Waals surface area contributed by atoms with Crippen LogP contribution in [0.3, 0.4) is 0 Å². The number of rotatable bonds is 2. The first-order chi connectivity index (χ1) is 8.93. The van der Waals surface area contributed by atoms with Crippen LogP contribution >= 0.6 is 15.9 Å². The summed E-state index contributed by atoms with van der Waals surface area (Å²) in [6, 6.07) is 5.05. The first kappa shape index (κ1) is 13.7. The summed E-state index contributed by atoms with van der Waals surface area (Å²) >= 11 is 2.85. The molecule has 1 nitrogen and oxygen atoms in total. The van der Waals surface area contributed by atoms with Crippen molar-refractivity contribution in [2.75, 3.05) is 0 Å². The Morgan fingerprint density at radius 1 is 0.842 bits per heavy atom. The molecule has 0 radical (unpaired) electrons. The van der Waals surface area contributed by atoms with Crippen LogP contribution in [0.1, 0.15) is 15.9 Å². The normalized spacial score (nSPS) is 10.6. The number of carbonyl (C=O) groups is 1.